The van der Waals surface area contributed by atoms with Crippen molar-refractivity contribution in [1.82, 2.24) is 4.90 Å². The average Bonchev–Trinajstić information content (AvgIpc) is 3.38. The van der Waals surface area contributed by atoms with E-state index in [0.29, 0.717) is 40.9 Å². The molecule has 3 aromatic rings. The van der Waals surface area contributed by atoms with Crippen LogP contribution in [-0.4, -0.2) is 43.4 Å². The molecule has 0 radical (unpaired) electrons. The Morgan fingerprint density at radius 2 is 1.94 bits per heavy atom. The minimum atomic E-state index is -3.17. The first-order valence-corrected chi connectivity index (χ1v) is 12.6. The summed E-state index contributed by atoms with van der Waals surface area (Å²) in [4.78, 5) is 15.0. The highest BCUT2D eigenvalue weighted by molar-refractivity contribution is 7.91. The van der Waals surface area contributed by atoms with E-state index >= 15 is 0 Å². The predicted molar refractivity (Wildman–Crippen MR) is 124 cm³/mol. The molecule has 0 spiro atoms. The van der Waals surface area contributed by atoms with Crippen LogP contribution in [0.25, 0.3) is 11.3 Å². The first-order valence-electron chi connectivity index (χ1n) is 10.4. The third-order valence-electron chi connectivity index (χ3n) is 5.42. The van der Waals surface area contributed by atoms with Gasteiger partial charge in [-0.25, -0.2) is 8.42 Å². The molecule has 0 N–H and O–H groups in total. The zero-order chi connectivity index (χ0) is 22.7. The molecule has 0 unspecified atom stereocenters. The minimum absolute atomic E-state index is 0.0470. The van der Waals surface area contributed by atoms with E-state index in [1.54, 1.807) is 41.3 Å². The van der Waals surface area contributed by atoms with Crippen LogP contribution in [0.1, 0.15) is 29.5 Å². The van der Waals surface area contributed by atoms with Crippen molar-refractivity contribution >= 4 is 27.3 Å². The fourth-order valence-electron chi connectivity index (χ4n) is 3.84. The van der Waals surface area contributed by atoms with Gasteiger partial charge in [0.05, 0.1) is 24.7 Å². The summed E-state index contributed by atoms with van der Waals surface area (Å²) < 4.78 is 35.7. The van der Waals surface area contributed by atoms with Gasteiger partial charge in [-0.1, -0.05) is 17.7 Å². The van der Waals surface area contributed by atoms with Crippen LogP contribution >= 0.6 is 11.6 Å². The van der Waals surface area contributed by atoms with Crippen molar-refractivity contribution in [2.45, 2.75) is 25.9 Å². The van der Waals surface area contributed by atoms with Gasteiger partial charge in [-0.05, 0) is 67.9 Å². The molecule has 1 atom stereocenters. The quantitative estimate of drug-likeness (QED) is 0.491. The Kier molecular flexibility index (Phi) is 6.58. The van der Waals surface area contributed by atoms with Crippen LogP contribution in [0, 0.1) is 0 Å². The van der Waals surface area contributed by atoms with E-state index < -0.39 is 15.9 Å². The summed E-state index contributed by atoms with van der Waals surface area (Å²) in [6.45, 7) is 2.53. The van der Waals surface area contributed by atoms with Crippen molar-refractivity contribution < 1.29 is 22.4 Å². The molecule has 0 aliphatic carbocycles. The van der Waals surface area contributed by atoms with Gasteiger partial charge in [0, 0.05) is 22.2 Å². The van der Waals surface area contributed by atoms with Crippen molar-refractivity contribution in [3.8, 4) is 17.1 Å². The van der Waals surface area contributed by atoms with Gasteiger partial charge in [-0.2, -0.15) is 0 Å². The molecule has 0 saturated carbocycles. The van der Waals surface area contributed by atoms with Crippen LogP contribution in [0.5, 0.6) is 5.75 Å². The number of hydrogen-bond donors (Lipinski definition) is 0. The number of rotatable bonds is 7. The number of carbonyl (C=O) groups is 1. The van der Waals surface area contributed by atoms with Gasteiger partial charge < -0.3 is 14.1 Å². The summed E-state index contributed by atoms with van der Waals surface area (Å²) in [7, 11) is -3.17. The molecule has 2 aromatic carbocycles. The fraction of sp³-hybridized carbons (Fsp3) is 0.292. The van der Waals surface area contributed by atoms with Gasteiger partial charge in [-0.15, -0.1) is 0 Å². The molecule has 1 amide bonds. The van der Waals surface area contributed by atoms with Crippen LogP contribution in [0.2, 0.25) is 5.02 Å². The summed E-state index contributed by atoms with van der Waals surface area (Å²) in [5, 5.41) is 0.633. The van der Waals surface area contributed by atoms with Gasteiger partial charge in [0.15, 0.2) is 9.84 Å². The molecule has 1 aromatic heterocycles. The first-order chi connectivity index (χ1) is 15.3. The Balaban J connectivity index is 1.61. The van der Waals surface area contributed by atoms with Crippen molar-refractivity contribution in [1.29, 1.82) is 0 Å². The van der Waals surface area contributed by atoms with E-state index in [1.165, 1.54) is 0 Å². The van der Waals surface area contributed by atoms with Crippen LogP contribution in [-0.2, 0) is 16.4 Å². The molecule has 1 saturated heterocycles. The highest BCUT2D eigenvalue weighted by Gasteiger charge is 2.35. The Morgan fingerprint density at radius 1 is 1.16 bits per heavy atom. The minimum Gasteiger partial charge on any atom is -0.494 e. The number of halogens is 1. The number of furan rings is 1. The molecule has 6 nitrogen and oxygen atoms in total. The highest BCUT2D eigenvalue weighted by Crippen LogP contribution is 2.27. The number of benzene rings is 2. The van der Waals surface area contributed by atoms with Crippen molar-refractivity contribution in [2.24, 2.45) is 0 Å². The normalized spacial score (nSPS) is 17.2. The Hall–Kier alpha value is -2.77. The van der Waals surface area contributed by atoms with E-state index in [9.17, 15) is 13.2 Å². The molecule has 1 aliphatic rings. The summed E-state index contributed by atoms with van der Waals surface area (Å²) in [5.74, 6) is 1.61. The summed E-state index contributed by atoms with van der Waals surface area (Å²) >= 11 is 5.96. The first kappa shape index (κ1) is 22.4. The third-order valence-corrected chi connectivity index (χ3v) is 7.42. The molecular formula is C24H24ClNO5S. The maximum absolute atomic E-state index is 13.4. The number of nitrogens with zero attached hydrogens (tertiary/aromatic N) is 1. The molecule has 0 bridgehead atoms. The molecule has 1 aliphatic heterocycles. The molecule has 8 heteroatoms. The van der Waals surface area contributed by atoms with Gasteiger partial charge >= 0.3 is 0 Å². The molecule has 1 fully saturated rings. The lowest BCUT2D eigenvalue weighted by Gasteiger charge is -2.27. The summed E-state index contributed by atoms with van der Waals surface area (Å²) in [5.41, 5.74) is 1.32. The lowest BCUT2D eigenvalue weighted by Crippen LogP contribution is -2.40. The van der Waals surface area contributed by atoms with Gasteiger partial charge in [-0.3, -0.25) is 4.79 Å². The lowest BCUT2D eigenvalue weighted by atomic mass is 10.1. The lowest BCUT2D eigenvalue weighted by molar-refractivity contribution is 0.0666. The Bertz CT molecular complexity index is 1200. The van der Waals surface area contributed by atoms with Crippen molar-refractivity contribution in [3.63, 3.8) is 0 Å². The average molecular weight is 474 g/mol. The molecule has 4 rings (SSSR count). The molecule has 32 heavy (non-hydrogen) atoms. The second-order valence-electron chi connectivity index (χ2n) is 7.72. The van der Waals surface area contributed by atoms with Crippen LogP contribution in [0.3, 0.4) is 0 Å². The highest BCUT2D eigenvalue weighted by atomic mass is 35.5. The van der Waals surface area contributed by atoms with Gasteiger partial charge in [0.25, 0.3) is 5.91 Å². The second-order valence-corrected chi connectivity index (χ2v) is 10.4. The zero-order valence-corrected chi connectivity index (χ0v) is 19.2. The number of carbonyl (C=O) groups excluding carboxylic acids is 1. The SMILES string of the molecule is CCOc1cccc(C(=O)N(Cc2ccc(-c3ccc(Cl)cc3)o2)[C@H]2CCS(=O)(=O)C2)c1. The number of amides is 1. The third kappa shape index (κ3) is 5.16. The van der Waals surface area contributed by atoms with Gasteiger partial charge in [0.1, 0.15) is 17.3 Å². The summed E-state index contributed by atoms with van der Waals surface area (Å²) in [6.07, 6.45) is 0.407. The number of hydrogen-bond acceptors (Lipinski definition) is 5. The van der Waals surface area contributed by atoms with E-state index in [4.69, 9.17) is 20.8 Å². The Morgan fingerprint density at radius 3 is 2.62 bits per heavy atom. The van der Waals surface area contributed by atoms with Crippen LogP contribution in [0.4, 0.5) is 0 Å². The summed E-state index contributed by atoms with van der Waals surface area (Å²) in [6, 6.07) is 17.5. The van der Waals surface area contributed by atoms with Crippen molar-refractivity contribution in [3.05, 3.63) is 77.0 Å². The smallest absolute Gasteiger partial charge is 0.254 e. The predicted octanol–water partition coefficient (Wildman–Crippen LogP) is 4.83. The number of ether oxygens (including phenoxy) is 1. The topological polar surface area (TPSA) is 76.8 Å². The largest absolute Gasteiger partial charge is 0.494 e. The second kappa shape index (κ2) is 9.38. The van der Waals surface area contributed by atoms with Crippen LogP contribution in [0.15, 0.2) is 65.1 Å². The van der Waals surface area contributed by atoms with Gasteiger partial charge in [0.2, 0.25) is 0 Å². The molecule has 2 heterocycles. The molecular weight excluding hydrogens is 450 g/mol. The standard InChI is InChI=1S/C24H24ClNO5S/c1-2-30-21-5-3-4-18(14-21)24(27)26(20-12-13-32(28,29)16-20)15-22-10-11-23(31-22)17-6-8-19(25)9-7-17/h3-11,14,20H,2,12-13,15-16H2,1H3/t20-/m0/s1. The maximum atomic E-state index is 13.4. The van der Waals surface area contributed by atoms with Crippen molar-refractivity contribution in [2.75, 3.05) is 18.1 Å². The van der Waals surface area contributed by atoms with E-state index in [2.05, 4.69) is 0 Å². The fourth-order valence-corrected chi connectivity index (χ4v) is 5.70. The monoisotopic (exact) mass is 473 g/mol. The van der Waals surface area contributed by atoms with E-state index in [-0.39, 0.29) is 24.0 Å². The van der Waals surface area contributed by atoms with Crippen LogP contribution < -0.4 is 4.74 Å². The van der Waals surface area contributed by atoms with E-state index in [0.717, 1.165) is 5.56 Å². The number of sulfone groups is 1. The van der Waals surface area contributed by atoms with E-state index in [1.807, 2.05) is 31.2 Å². The Labute approximate surface area is 192 Å². The molecule has 168 valence electrons. The maximum Gasteiger partial charge on any atom is 0.254 e. The zero-order valence-electron chi connectivity index (χ0n) is 17.7.